The number of hydrogen-bond donors (Lipinski definition) is 1. The van der Waals surface area contributed by atoms with Crippen LogP contribution in [0.5, 0.6) is 0 Å². The van der Waals surface area contributed by atoms with Crippen LogP contribution < -0.4 is 5.73 Å². The van der Waals surface area contributed by atoms with Crippen LogP contribution in [0.1, 0.15) is 17.4 Å². The van der Waals surface area contributed by atoms with E-state index in [9.17, 15) is 4.39 Å². The largest absolute Gasteiger partial charge is 0.468 e. The molecule has 0 aliphatic carbocycles. The van der Waals surface area contributed by atoms with Gasteiger partial charge in [0.2, 0.25) is 0 Å². The first-order valence-electron chi connectivity index (χ1n) is 5.89. The molecular formula is C14H17FN2O. The van der Waals surface area contributed by atoms with Crippen molar-refractivity contribution in [2.45, 2.75) is 12.6 Å². The third-order valence-corrected chi connectivity index (χ3v) is 2.97. The van der Waals surface area contributed by atoms with Gasteiger partial charge in [0.15, 0.2) is 0 Å². The summed E-state index contributed by atoms with van der Waals surface area (Å²) in [6.07, 6.45) is 1.64. The molecule has 0 amide bonds. The minimum Gasteiger partial charge on any atom is -0.468 e. The number of nitrogens with two attached hydrogens (primary N) is 1. The minimum absolute atomic E-state index is 0.0325. The third kappa shape index (κ3) is 2.97. The summed E-state index contributed by atoms with van der Waals surface area (Å²) in [7, 11) is 1.98. The molecule has 96 valence electrons. The van der Waals surface area contributed by atoms with Crippen molar-refractivity contribution in [2.24, 2.45) is 5.73 Å². The van der Waals surface area contributed by atoms with Gasteiger partial charge in [-0.3, -0.25) is 4.90 Å². The fourth-order valence-corrected chi connectivity index (χ4v) is 1.98. The molecule has 0 spiro atoms. The molecular weight excluding hydrogens is 231 g/mol. The fraction of sp³-hybridized carbons (Fsp3) is 0.286. The Morgan fingerprint density at radius 2 is 2.00 bits per heavy atom. The summed E-state index contributed by atoms with van der Waals surface area (Å²) >= 11 is 0. The highest BCUT2D eigenvalue weighted by atomic mass is 19.1. The van der Waals surface area contributed by atoms with E-state index in [1.807, 2.05) is 19.2 Å². The zero-order valence-corrected chi connectivity index (χ0v) is 10.3. The van der Waals surface area contributed by atoms with Gasteiger partial charge in [-0.1, -0.05) is 12.1 Å². The molecule has 1 unspecified atom stereocenters. The standard InChI is InChI=1S/C14H17FN2O/c1-17(10-11-4-6-12(15)7-5-11)13(9-16)14-3-2-8-18-14/h2-8,13H,9-10,16H2,1H3. The molecule has 2 N–H and O–H groups in total. The molecule has 1 aromatic heterocycles. The first-order valence-corrected chi connectivity index (χ1v) is 5.89. The van der Waals surface area contributed by atoms with Crippen LogP contribution in [0.25, 0.3) is 0 Å². The van der Waals surface area contributed by atoms with Gasteiger partial charge in [-0.15, -0.1) is 0 Å². The molecule has 1 atom stereocenters. The Kier molecular flexibility index (Phi) is 4.12. The Balaban J connectivity index is 2.06. The molecule has 18 heavy (non-hydrogen) atoms. The van der Waals surface area contributed by atoms with Gasteiger partial charge in [-0.25, -0.2) is 4.39 Å². The second kappa shape index (κ2) is 5.80. The van der Waals surface area contributed by atoms with E-state index in [0.29, 0.717) is 13.1 Å². The van der Waals surface area contributed by atoms with Crippen LogP contribution in [0.3, 0.4) is 0 Å². The molecule has 4 heteroatoms. The molecule has 0 radical (unpaired) electrons. The van der Waals surface area contributed by atoms with Crippen LogP contribution in [0, 0.1) is 5.82 Å². The maximum Gasteiger partial charge on any atom is 0.123 e. The summed E-state index contributed by atoms with van der Waals surface area (Å²) in [5.41, 5.74) is 6.83. The number of benzene rings is 1. The van der Waals surface area contributed by atoms with Crippen LogP contribution in [0.2, 0.25) is 0 Å². The summed E-state index contributed by atoms with van der Waals surface area (Å²) in [5, 5.41) is 0. The molecule has 3 nitrogen and oxygen atoms in total. The molecule has 0 aliphatic rings. The number of halogens is 1. The summed E-state index contributed by atoms with van der Waals surface area (Å²) in [5.74, 6) is 0.630. The van der Waals surface area contributed by atoms with Gasteiger partial charge in [-0.2, -0.15) is 0 Å². The molecule has 0 fully saturated rings. The van der Waals surface area contributed by atoms with E-state index in [2.05, 4.69) is 4.90 Å². The van der Waals surface area contributed by atoms with Gasteiger partial charge in [0.1, 0.15) is 11.6 Å². The Hall–Kier alpha value is -1.65. The van der Waals surface area contributed by atoms with Crippen molar-refractivity contribution < 1.29 is 8.81 Å². The Morgan fingerprint density at radius 1 is 1.28 bits per heavy atom. The van der Waals surface area contributed by atoms with Crippen LogP contribution in [-0.4, -0.2) is 18.5 Å². The molecule has 1 heterocycles. The number of nitrogens with zero attached hydrogens (tertiary/aromatic N) is 1. The van der Waals surface area contributed by atoms with E-state index in [1.165, 1.54) is 12.1 Å². The van der Waals surface area contributed by atoms with Crippen LogP contribution >= 0.6 is 0 Å². The molecule has 0 bridgehead atoms. The number of furan rings is 1. The van der Waals surface area contributed by atoms with Gasteiger partial charge >= 0.3 is 0 Å². The normalized spacial score (nSPS) is 12.9. The molecule has 0 saturated heterocycles. The Morgan fingerprint density at radius 3 is 2.56 bits per heavy atom. The highest BCUT2D eigenvalue weighted by Crippen LogP contribution is 2.20. The zero-order chi connectivity index (χ0) is 13.0. The van der Waals surface area contributed by atoms with Crippen molar-refractivity contribution in [1.29, 1.82) is 0 Å². The molecule has 2 rings (SSSR count). The zero-order valence-electron chi connectivity index (χ0n) is 10.3. The van der Waals surface area contributed by atoms with Gasteiger partial charge in [0, 0.05) is 13.1 Å². The highest BCUT2D eigenvalue weighted by Gasteiger charge is 2.17. The lowest BCUT2D eigenvalue weighted by molar-refractivity contribution is 0.213. The third-order valence-electron chi connectivity index (χ3n) is 2.97. The summed E-state index contributed by atoms with van der Waals surface area (Å²) in [6.45, 7) is 1.17. The summed E-state index contributed by atoms with van der Waals surface area (Å²) in [6, 6.07) is 10.3. The topological polar surface area (TPSA) is 42.4 Å². The number of hydrogen-bond acceptors (Lipinski definition) is 3. The SMILES string of the molecule is CN(Cc1ccc(F)cc1)C(CN)c1ccco1. The average Bonchev–Trinajstić information content (AvgIpc) is 2.87. The predicted molar refractivity (Wildman–Crippen MR) is 68.4 cm³/mol. The monoisotopic (exact) mass is 248 g/mol. The second-order valence-corrected chi connectivity index (χ2v) is 4.31. The average molecular weight is 248 g/mol. The lowest BCUT2D eigenvalue weighted by Crippen LogP contribution is -2.29. The second-order valence-electron chi connectivity index (χ2n) is 4.31. The van der Waals surface area contributed by atoms with Crippen molar-refractivity contribution in [2.75, 3.05) is 13.6 Å². The van der Waals surface area contributed by atoms with Gasteiger partial charge in [0.05, 0.1) is 12.3 Å². The summed E-state index contributed by atoms with van der Waals surface area (Å²) < 4.78 is 18.2. The lowest BCUT2D eigenvalue weighted by Gasteiger charge is -2.25. The van der Waals surface area contributed by atoms with Crippen LogP contribution in [0.4, 0.5) is 4.39 Å². The van der Waals surface area contributed by atoms with Crippen LogP contribution in [-0.2, 0) is 6.54 Å². The van der Waals surface area contributed by atoms with E-state index in [0.717, 1.165) is 11.3 Å². The summed E-state index contributed by atoms with van der Waals surface area (Å²) in [4.78, 5) is 2.09. The van der Waals surface area contributed by atoms with E-state index in [4.69, 9.17) is 10.2 Å². The smallest absolute Gasteiger partial charge is 0.123 e. The van der Waals surface area contributed by atoms with Crippen molar-refractivity contribution in [3.63, 3.8) is 0 Å². The lowest BCUT2D eigenvalue weighted by atomic mass is 10.1. The van der Waals surface area contributed by atoms with Crippen molar-refractivity contribution in [3.8, 4) is 0 Å². The molecule has 0 saturated carbocycles. The number of likely N-dealkylation sites (N-methyl/N-ethyl adjacent to an activating group) is 1. The first kappa shape index (κ1) is 12.8. The first-order chi connectivity index (χ1) is 8.70. The molecule has 0 aliphatic heterocycles. The predicted octanol–water partition coefficient (Wildman–Crippen LogP) is 2.55. The maximum atomic E-state index is 12.8. The van der Waals surface area contributed by atoms with Crippen molar-refractivity contribution >= 4 is 0 Å². The van der Waals surface area contributed by atoms with Gasteiger partial charge in [0.25, 0.3) is 0 Å². The van der Waals surface area contributed by atoms with Crippen molar-refractivity contribution in [1.82, 2.24) is 4.90 Å². The van der Waals surface area contributed by atoms with Crippen LogP contribution in [0.15, 0.2) is 47.1 Å². The highest BCUT2D eigenvalue weighted by molar-refractivity contribution is 5.16. The van der Waals surface area contributed by atoms with Gasteiger partial charge in [-0.05, 0) is 36.9 Å². The molecule has 1 aromatic carbocycles. The Bertz CT molecular complexity index is 467. The molecule has 2 aromatic rings. The van der Waals surface area contributed by atoms with E-state index in [1.54, 1.807) is 18.4 Å². The Labute approximate surface area is 106 Å². The fourth-order valence-electron chi connectivity index (χ4n) is 1.98. The van der Waals surface area contributed by atoms with E-state index >= 15 is 0 Å². The van der Waals surface area contributed by atoms with Gasteiger partial charge < -0.3 is 10.2 Å². The van der Waals surface area contributed by atoms with E-state index < -0.39 is 0 Å². The number of rotatable bonds is 5. The van der Waals surface area contributed by atoms with Crippen molar-refractivity contribution in [3.05, 3.63) is 59.8 Å². The quantitative estimate of drug-likeness (QED) is 0.884. The maximum absolute atomic E-state index is 12.8. The van der Waals surface area contributed by atoms with E-state index in [-0.39, 0.29) is 11.9 Å². The minimum atomic E-state index is -0.220.